The lowest BCUT2D eigenvalue weighted by Gasteiger charge is -2.47. The molecule has 0 spiro atoms. The van der Waals surface area contributed by atoms with Crippen LogP contribution in [0.4, 0.5) is 4.79 Å². The van der Waals surface area contributed by atoms with Gasteiger partial charge < -0.3 is 4.90 Å². The molecule has 0 N–H and O–H groups in total. The third kappa shape index (κ3) is 3.34. The predicted molar refractivity (Wildman–Crippen MR) is 92.4 cm³/mol. The first-order valence-corrected chi connectivity index (χ1v) is 9.15. The molecular weight excluding hydrogens is 306 g/mol. The van der Waals surface area contributed by atoms with Gasteiger partial charge in [0, 0.05) is 19.6 Å². The largest absolute Gasteiger partial charge is 0.333 e. The highest BCUT2D eigenvalue weighted by Crippen LogP contribution is 2.37. The first kappa shape index (κ1) is 18.9. The maximum Gasteiger partial charge on any atom is 0.333 e. The first-order chi connectivity index (χ1) is 11.3. The fourth-order valence-electron chi connectivity index (χ4n) is 4.09. The molecule has 0 bridgehead atoms. The van der Waals surface area contributed by atoms with Gasteiger partial charge in [0.1, 0.15) is 5.41 Å². The van der Waals surface area contributed by atoms with Crippen LogP contribution in [0.15, 0.2) is 0 Å². The zero-order valence-corrected chi connectivity index (χ0v) is 15.5. The third-order valence-corrected chi connectivity index (χ3v) is 5.32. The third-order valence-electron chi connectivity index (χ3n) is 5.32. The van der Waals surface area contributed by atoms with Gasteiger partial charge in [0.25, 0.3) is 0 Å². The van der Waals surface area contributed by atoms with Crippen molar-refractivity contribution in [1.29, 1.82) is 0 Å². The van der Waals surface area contributed by atoms with Crippen molar-refractivity contribution in [1.82, 2.24) is 14.7 Å². The van der Waals surface area contributed by atoms with Crippen LogP contribution in [-0.4, -0.2) is 66.3 Å². The van der Waals surface area contributed by atoms with E-state index >= 15 is 0 Å². The summed E-state index contributed by atoms with van der Waals surface area (Å²) in [6.07, 6.45) is 7.14. The van der Waals surface area contributed by atoms with Gasteiger partial charge in [-0.3, -0.25) is 19.4 Å². The number of urea groups is 1. The van der Waals surface area contributed by atoms with Crippen LogP contribution in [0.5, 0.6) is 0 Å². The summed E-state index contributed by atoms with van der Waals surface area (Å²) in [5.74, 6) is -0.614. The highest BCUT2D eigenvalue weighted by molar-refractivity contribution is 6.19. The maximum absolute atomic E-state index is 13.4. The maximum atomic E-state index is 13.4. The van der Waals surface area contributed by atoms with E-state index in [0.717, 1.165) is 44.9 Å². The molecule has 0 aromatic carbocycles. The average molecular weight is 337 g/mol. The van der Waals surface area contributed by atoms with Crippen LogP contribution in [0.3, 0.4) is 0 Å². The Labute approximate surface area is 145 Å². The second-order valence-corrected chi connectivity index (χ2v) is 7.54. The topological polar surface area (TPSA) is 60.9 Å². The fourth-order valence-corrected chi connectivity index (χ4v) is 4.09. The summed E-state index contributed by atoms with van der Waals surface area (Å²) in [4.78, 5) is 43.5. The lowest BCUT2D eigenvalue weighted by Crippen LogP contribution is -2.68. The van der Waals surface area contributed by atoms with E-state index in [0.29, 0.717) is 13.0 Å². The van der Waals surface area contributed by atoms with E-state index in [1.54, 1.807) is 0 Å². The standard InChI is InChI=1S/C18H31N3O3/c1-5-6-12-18(13-19(2)3)15(22)20(4)17(24)21(16(18)23)14-10-8-7-9-11-14/h14H,5-13H2,1-4H3. The number of carbonyl (C=O) groups is 3. The molecule has 1 aliphatic heterocycles. The van der Waals surface area contributed by atoms with Crippen LogP contribution in [0.2, 0.25) is 0 Å². The molecule has 2 fully saturated rings. The van der Waals surface area contributed by atoms with E-state index < -0.39 is 11.4 Å². The highest BCUT2D eigenvalue weighted by Gasteiger charge is 2.57. The lowest BCUT2D eigenvalue weighted by molar-refractivity contribution is -0.161. The smallest absolute Gasteiger partial charge is 0.308 e. The number of carbonyl (C=O) groups excluding carboxylic acids is 3. The van der Waals surface area contributed by atoms with Gasteiger partial charge in [-0.1, -0.05) is 39.0 Å². The van der Waals surface area contributed by atoms with E-state index in [9.17, 15) is 14.4 Å². The van der Waals surface area contributed by atoms with Crippen LogP contribution < -0.4 is 0 Å². The molecule has 136 valence electrons. The summed E-state index contributed by atoms with van der Waals surface area (Å²) >= 11 is 0. The fraction of sp³-hybridized carbons (Fsp3) is 0.833. The average Bonchev–Trinajstić information content (AvgIpc) is 2.56. The van der Waals surface area contributed by atoms with Crippen molar-refractivity contribution in [2.24, 2.45) is 5.41 Å². The van der Waals surface area contributed by atoms with Crippen molar-refractivity contribution in [3.63, 3.8) is 0 Å². The van der Waals surface area contributed by atoms with Crippen LogP contribution in [0.1, 0.15) is 58.3 Å². The number of unbranched alkanes of at least 4 members (excludes halogenated alkanes) is 1. The van der Waals surface area contributed by atoms with Crippen molar-refractivity contribution >= 4 is 17.8 Å². The zero-order valence-electron chi connectivity index (χ0n) is 15.5. The molecule has 4 amide bonds. The van der Waals surface area contributed by atoms with Crippen molar-refractivity contribution in [2.45, 2.75) is 64.3 Å². The molecular formula is C18H31N3O3. The lowest BCUT2D eigenvalue weighted by atomic mass is 9.77. The minimum absolute atomic E-state index is 0.0579. The Hall–Kier alpha value is -1.43. The van der Waals surface area contributed by atoms with E-state index in [-0.39, 0.29) is 17.9 Å². The molecule has 1 saturated heterocycles. The van der Waals surface area contributed by atoms with Crippen LogP contribution >= 0.6 is 0 Å². The Kier molecular flexibility index (Phi) is 6.01. The van der Waals surface area contributed by atoms with Gasteiger partial charge in [-0.15, -0.1) is 0 Å². The molecule has 6 nitrogen and oxygen atoms in total. The van der Waals surface area contributed by atoms with Gasteiger partial charge in [0.2, 0.25) is 11.8 Å². The molecule has 2 rings (SSSR count). The minimum atomic E-state index is -1.13. The van der Waals surface area contributed by atoms with Gasteiger partial charge in [0.15, 0.2) is 0 Å². The second kappa shape index (κ2) is 7.64. The van der Waals surface area contributed by atoms with Crippen molar-refractivity contribution < 1.29 is 14.4 Å². The number of hydrogen-bond donors (Lipinski definition) is 0. The number of hydrogen-bond acceptors (Lipinski definition) is 4. The van der Waals surface area contributed by atoms with Crippen molar-refractivity contribution in [2.75, 3.05) is 27.7 Å². The molecule has 1 aliphatic carbocycles. The van der Waals surface area contributed by atoms with E-state index in [2.05, 4.69) is 6.92 Å². The normalized spacial score (nSPS) is 26.6. The summed E-state index contributed by atoms with van der Waals surface area (Å²) in [7, 11) is 5.26. The van der Waals surface area contributed by atoms with Gasteiger partial charge in [-0.25, -0.2) is 4.79 Å². The molecule has 1 heterocycles. The first-order valence-electron chi connectivity index (χ1n) is 9.15. The quantitative estimate of drug-likeness (QED) is 0.699. The predicted octanol–water partition coefficient (Wildman–Crippen LogP) is 2.48. The molecule has 6 heteroatoms. The summed E-state index contributed by atoms with van der Waals surface area (Å²) in [5.41, 5.74) is -1.13. The second-order valence-electron chi connectivity index (χ2n) is 7.54. The van der Waals surface area contributed by atoms with Crippen molar-refractivity contribution in [3.05, 3.63) is 0 Å². The van der Waals surface area contributed by atoms with E-state index in [4.69, 9.17) is 0 Å². The van der Waals surface area contributed by atoms with Gasteiger partial charge in [0.05, 0.1) is 0 Å². The molecule has 24 heavy (non-hydrogen) atoms. The summed E-state index contributed by atoms with van der Waals surface area (Å²) < 4.78 is 0. The number of rotatable bonds is 6. The Morgan fingerprint density at radius 2 is 1.71 bits per heavy atom. The molecule has 0 radical (unpaired) electrons. The van der Waals surface area contributed by atoms with Gasteiger partial charge in [-0.2, -0.15) is 0 Å². The van der Waals surface area contributed by atoms with Crippen molar-refractivity contribution in [3.8, 4) is 0 Å². The number of nitrogens with zero attached hydrogens (tertiary/aromatic N) is 3. The Bertz CT molecular complexity index is 500. The monoisotopic (exact) mass is 337 g/mol. The van der Waals surface area contributed by atoms with Crippen LogP contribution in [0.25, 0.3) is 0 Å². The van der Waals surface area contributed by atoms with E-state index in [1.165, 1.54) is 16.8 Å². The van der Waals surface area contributed by atoms with Gasteiger partial charge in [-0.05, 0) is 33.4 Å². The number of barbiturate groups is 1. The minimum Gasteiger partial charge on any atom is -0.308 e. The molecule has 0 aromatic rings. The molecule has 2 aliphatic rings. The number of imide groups is 2. The Morgan fingerprint density at radius 3 is 2.25 bits per heavy atom. The van der Waals surface area contributed by atoms with E-state index in [1.807, 2.05) is 19.0 Å². The summed E-state index contributed by atoms with van der Waals surface area (Å²) in [6.45, 7) is 2.40. The summed E-state index contributed by atoms with van der Waals surface area (Å²) in [6, 6.07) is -0.500. The van der Waals surface area contributed by atoms with Crippen LogP contribution in [-0.2, 0) is 9.59 Å². The molecule has 1 unspecified atom stereocenters. The SMILES string of the molecule is CCCCC1(CN(C)C)C(=O)N(C)C(=O)N(C2CCCCC2)C1=O. The Morgan fingerprint density at radius 1 is 1.08 bits per heavy atom. The zero-order chi connectivity index (χ0) is 17.9. The summed E-state index contributed by atoms with van der Waals surface area (Å²) in [5, 5.41) is 0. The Balaban J connectivity index is 2.40. The highest BCUT2D eigenvalue weighted by atomic mass is 16.2. The van der Waals surface area contributed by atoms with Crippen LogP contribution in [0, 0.1) is 5.41 Å². The molecule has 1 atom stereocenters. The van der Waals surface area contributed by atoms with Gasteiger partial charge >= 0.3 is 6.03 Å². The molecule has 0 aromatic heterocycles. The molecule has 1 saturated carbocycles. The number of amides is 4.